The lowest BCUT2D eigenvalue weighted by Gasteiger charge is -2.02. The summed E-state index contributed by atoms with van der Waals surface area (Å²) in [6.07, 6.45) is 1.26. The van der Waals surface area contributed by atoms with Crippen molar-refractivity contribution in [2.75, 3.05) is 0 Å². The molecule has 0 bridgehead atoms. The van der Waals surface area contributed by atoms with Gasteiger partial charge < -0.3 is 0 Å². The molecule has 0 unspecified atom stereocenters. The number of carbonyl (C=O) groups is 1. The first-order chi connectivity index (χ1) is 7.75. The molecule has 1 aromatic heterocycles. The molecule has 0 N–H and O–H groups in total. The van der Waals surface area contributed by atoms with Crippen LogP contribution in [0.1, 0.15) is 12.0 Å². The average Bonchev–Trinajstić information content (AvgIpc) is 2.80. The first-order valence-corrected chi connectivity index (χ1v) is 6.48. The highest BCUT2D eigenvalue weighted by Gasteiger charge is 2.01. The molecular weight excluding hydrogens is 236 g/mol. The Morgan fingerprint density at radius 2 is 2.12 bits per heavy atom. The number of rotatable bonds is 4. The molecule has 0 amide bonds. The summed E-state index contributed by atoms with van der Waals surface area (Å²) in [6, 6.07) is 10.4. The van der Waals surface area contributed by atoms with E-state index >= 15 is 0 Å². The van der Waals surface area contributed by atoms with Crippen LogP contribution in [0.4, 0.5) is 0 Å². The Bertz CT molecular complexity index is 474. The molecule has 0 aliphatic heterocycles. The van der Waals surface area contributed by atoms with Crippen molar-refractivity contribution in [2.24, 2.45) is 0 Å². The van der Waals surface area contributed by atoms with E-state index < -0.39 is 0 Å². The monoisotopic (exact) mass is 248 g/mol. The lowest BCUT2D eigenvalue weighted by molar-refractivity contribution is -0.110. The third kappa shape index (κ3) is 2.97. The second-order valence-electron chi connectivity index (χ2n) is 3.61. The summed E-state index contributed by atoms with van der Waals surface area (Å²) in [4.78, 5) is 10.8. The third-order valence-corrected chi connectivity index (χ3v) is 3.32. The van der Waals surface area contributed by atoms with Crippen molar-refractivity contribution < 1.29 is 4.79 Å². The fourth-order valence-corrected chi connectivity index (χ4v) is 2.36. The standard InChI is InChI=1S/C13H12OS2/c14-13(15)5-4-10-2-1-3-11(8-10)12-6-7-16-9-12/h1-3,6-9H,4-5H2,(H,14,15). The van der Waals surface area contributed by atoms with Crippen LogP contribution in [0, 0.1) is 0 Å². The van der Waals surface area contributed by atoms with Gasteiger partial charge in [-0.05, 0) is 39.9 Å². The summed E-state index contributed by atoms with van der Waals surface area (Å²) in [5, 5.41) is 4.14. The van der Waals surface area contributed by atoms with Gasteiger partial charge in [-0.1, -0.05) is 24.3 Å². The van der Waals surface area contributed by atoms with Crippen molar-refractivity contribution in [1.29, 1.82) is 0 Å². The molecule has 0 radical (unpaired) electrons. The Kier molecular flexibility index (Phi) is 3.80. The second-order valence-corrected chi connectivity index (χ2v) is 4.88. The molecule has 1 aromatic carbocycles. The maximum Gasteiger partial charge on any atom is 0.186 e. The zero-order valence-corrected chi connectivity index (χ0v) is 10.4. The van der Waals surface area contributed by atoms with Crippen LogP contribution in [-0.2, 0) is 11.2 Å². The van der Waals surface area contributed by atoms with Gasteiger partial charge in [0.2, 0.25) is 0 Å². The second kappa shape index (κ2) is 5.32. The van der Waals surface area contributed by atoms with E-state index in [9.17, 15) is 4.79 Å². The third-order valence-electron chi connectivity index (χ3n) is 2.41. The molecule has 0 spiro atoms. The molecule has 82 valence electrons. The highest BCUT2D eigenvalue weighted by molar-refractivity contribution is 7.96. The smallest absolute Gasteiger partial charge is 0.186 e. The van der Waals surface area contributed by atoms with E-state index in [2.05, 4.69) is 41.6 Å². The molecule has 0 fully saturated rings. The zero-order chi connectivity index (χ0) is 11.4. The molecule has 0 aliphatic carbocycles. The van der Waals surface area contributed by atoms with Crippen LogP contribution in [0.25, 0.3) is 11.1 Å². The van der Waals surface area contributed by atoms with Gasteiger partial charge in [0.1, 0.15) is 0 Å². The van der Waals surface area contributed by atoms with Crippen molar-refractivity contribution in [3.63, 3.8) is 0 Å². The molecule has 2 aromatic rings. The maximum atomic E-state index is 10.8. The summed E-state index contributed by atoms with van der Waals surface area (Å²) in [5.74, 6) is 0. The summed E-state index contributed by atoms with van der Waals surface area (Å²) < 4.78 is 0. The van der Waals surface area contributed by atoms with E-state index in [0.717, 1.165) is 6.42 Å². The molecule has 3 heteroatoms. The molecular formula is C13H12OS2. The van der Waals surface area contributed by atoms with Crippen molar-refractivity contribution >= 4 is 29.1 Å². The number of thiol groups is 1. The highest BCUT2D eigenvalue weighted by atomic mass is 32.1. The van der Waals surface area contributed by atoms with Crippen molar-refractivity contribution in [2.45, 2.75) is 12.8 Å². The predicted octanol–water partition coefficient (Wildman–Crippen LogP) is 3.80. The lowest BCUT2D eigenvalue weighted by Crippen LogP contribution is -1.91. The van der Waals surface area contributed by atoms with Crippen LogP contribution in [0.5, 0.6) is 0 Å². The molecule has 1 heterocycles. The average molecular weight is 248 g/mol. The molecule has 0 aliphatic rings. The maximum absolute atomic E-state index is 10.8. The topological polar surface area (TPSA) is 17.1 Å². The van der Waals surface area contributed by atoms with Gasteiger partial charge in [0.05, 0.1) is 0 Å². The Balaban J connectivity index is 2.17. The first kappa shape index (κ1) is 11.4. The van der Waals surface area contributed by atoms with E-state index in [1.807, 2.05) is 12.1 Å². The normalized spacial score (nSPS) is 10.3. The molecule has 16 heavy (non-hydrogen) atoms. The number of thiophene rings is 1. The molecule has 2 rings (SSSR count). The molecule has 0 atom stereocenters. The van der Waals surface area contributed by atoms with E-state index in [1.165, 1.54) is 16.7 Å². The van der Waals surface area contributed by atoms with Crippen LogP contribution in [-0.4, -0.2) is 5.12 Å². The summed E-state index contributed by atoms with van der Waals surface area (Å²) in [6.45, 7) is 0. The summed E-state index contributed by atoms with van der Waals surface area (Å²) in [5.41, 5.74) is 3.64. The lowest BCUT2D eigenvalue weighted by atomic mass is 10.0. The van der Waals surface area contributed by atoms with E-state index in [-0.39, 0.29) is 5.12 Å². The van der Waals surface area contributed by atoms with Gasteiger partial charge in [0.15, 0.2) is 5.12 Å². The summed E-state index contributed by atoms with van der Waals surface area (Å²) in [7, 11) is 0. The minimum atomic E-state index is -0.0547. The largest absolute Gasteiger partial charge is 0.287 e. The SMILES string of the molecule is O=C(S)CCc1cccc(-c2ccsc2)c1. The quantitative estimate of drug-likeness (QED) is 0.814. The first-order valence-electron chi connectivity index (χ1n) is 5.09. The van der Waals surface area contributed by atoms with Gasteiger partial charge in [0.25, 0.3) is 0 Å². The zero-order valence-electron chi connectivity index (χ0n) is 8.72. The number of aryl methyl sites for hydroxylation is 1. The van der Waals surface area contributed by atoms with Gasteiger partial charge >= 0.3 is 0 Å². The predicted molar refractivity (Wildman–Crippen MR) is 72.1 cm³/mol. The Hall–Kier alpha value is -1.06. The van der Waals surface area contributed by atoms with Crippen LogP contribution >= 0.6 is 24.0 Å². The van der Waals surface area contributed by atoms with Gasteiger partial charge in [-0.25, -0.2) is 0 Å². The minimum Gasteiger partial charge on any atom is -0.287 e. The van der Waals surface area contributed by atoms with Crippen LogP contribution < -0.4 is 0 Å². The van der Waals surface area contributed by atoms with Gasteiger partial charge in [-0.3, -0.25) is 4.79 Å². The van der Waals surface area contributed by atoms with Crippen LogP contribution in [0.15, 0.2) is 41.1 Å². The number of benzene rings is 1. The van der Waals surface area contributed by atoms with Crippen molar-refractivity contribution in [3.05, 3.63) is 46.7 Å². The van der Waals surface area contributed by atoms with Gasteiger partial charge in [-0.15, -0.1) is 12.6 Å². The van der Waals surface area contributed by atoms with Crippen LogP contribution in [0.2, 0.25) is 0 Å². The molecule has 0 saturated carbocycles. The number of hydrogen-bond acceptors (Lipinski definition) is 2. The van der Waals surface area contributed by atoms with E-state index in [0.29, 0.717) is 6.42 Å². The molecule has 1 nitrogen and oxygen atoms in total. The fraction of sp³-hybridized carbons (Fsp3) is 0.154. The minimum absolute atomic E-state index is 0.0547. The van der Waals surface area contributed by atoms with Crippen LogP contribution in [0.3, 0.4) is 0 Å². The fourth-order valence-electron chi connectivity index (χ4n) is 1.59. The van der Waals surface area contributed by atoms with Crippen molar-refractivity contribution in [1.82, 2.24) is 0 Å². The number of hydrogen-bond donors (Lipinski definition) is 1. The van der Waals surface area contributed by atoms with Gasteiger partial charge in [-0.2, -0.15) is 11.3 Å². The number of carbonyl (C=O) groups excluding carboxylic acids is 1. The Morgan fingerprint density at radius 1 is 1.25 bits per heavy atom. The van der Waals surface area contributed by atoms with Crippen molar-refractivity contribution in [3.8, 4) is 11.1 Å². The van der Waals surface area contributed by atoms with E-state index in [4.69, 9.17) is 0 Å². The van der Waals surface area contributed by atoms with E-state index in [1.54, 1.807) is 11.3 Å². The molecule has 0 saturated heterocycles. The summed E-state index contributed by atoms with van der Waals surface area (Å²) >= 11 is 5.47. The van der Waals surface area contributed by atoms with Gasteiger partial charge in [0, 0.05) is 6.42 Å². The highest BCUT2D eigenvalue weighted by Crippen LogP contribution is 2.23. The Labute approximate surface area is 105 Å². The Morgan fingerprint density at radius 3 is 2.81 bits per heavy atom.